The van der Waals surface area contributed by atoms with Gasteiger partial charge in [-0.1, -0.05) is 42.5 Å². The standard InChI is InChI=1S/C16H11NO2S/c18-16(19)12(11-6-2-1-3-7-11)10-15-17-13-8-4-5-9-14(13)20-15/h1-10H,(H,18,19)/b12-10+. The van der Waals surface area contributed by atoms with E-state index in [0.717, 1.165) is 10.2 Å². The van der Waals surface area contributed by atoms with Crippen molar-refractivity contribution in [3.8, 4) is 0 Å². The van der Waals surface area contributed by atoms with Gasteiger partial charge >= 0.3 is 5.97 Å². The van der Waals surface area contributed by atoms with Crippen LogP contribution in [-0.4, -0.2) is 16.1 Å². The first-order valence-electron chi connectivity index (χ1n) is 6.10. The summed E-state index contributed by atoms with van der Waals surface area (Å²) in [4.78, 5) is 15.9. The number of para-hydroxylation sites is 1. The van der Waals surface area contributed by atoms with Crippen LogP contribution in [0.2, 0.25) is 0 Å². The summed E-state index contributed by atoms with van der Waals surface area (Å²) in [6.07, 6.45) is 1.63. The molecule has 1 N–H and O–H groups in total. The molecule has 3 rings (SSSR count). The van der Waals surface area contributed by atoms with E-state index >= 15 is 0 Å². The van der Waals surface area contributed by atoms with Crippen molar-refractivity contribution in [3.05, 3.63) is 65.2 Å². The number of aromatic nitrogens is 1. The molecule has 3 aromatic rings. The molecule has 98 valence electrons. The summed E-state index contributed by atoms with van der Waals surface area (Å²) >= 11 is 1.49. The number of rotatable bonds is 3. The van der Waals surface area contributed by atoms with Crippen LogP contribution < -0.4 is 0 Å². The van der Waals surface area contributed by atoms with E-state index in [1.165, 1.54) is 11.3 Å². The summed E-state index contributed by atoms with van der Waals surface area (Å²) in [5.74, 6) is -0.949. The molecular formula is C16H11NO2S. The van der Waals surface area contributed by atoms with Gasteiger partial charge in [0.05, 0.1) is 15.8 Å². The predicted octanol–water partition coefficient (Wildman–Crippen LogP) is 3.92. The molecule has 0 saturated heterocycles. The van der Waals surface area contributed by atoms with Gasteiger partial charge in [0.25, 0.3) is 0 Å². The van der Waals surface area contributed by atoms with Gasteiger partial charge < -0.3 is 5.11 Å². The zero-order valence-electron chi connectivity index (χ0n) is 10.5. The fraction of sp³-hybridized carbons (Fsp3) is 0. The number of aliphatic carboxylic acids is 1. The van der Waals surface area contributed by atoms with Crippen LogP contribution in [0.3, 0.4) is 0 Å². The summed E-state index contributed by atoms with van der Waals surface area (Å²) in [5.41, 5.74) is 1.82. The number of carboxylic acid groups (broad SMARTS) is 1. The quantitative estimate of drug-likeness (QED) is 0.740. The molecule has 0 saturated carbocycles. The Kier molecular flexibility index (Phi) is 3.31. The fourth-order valence-electron chi connectivity index (χ4n) is 1.96. The van der Waals surface area contributed by atoms with Gasteiger partial charge in [0, 0.05) is 0 Å². The van der Waals surface area contributed by atoms with Crippen molar-refractivity contribution in [2.45, 2.75) is 0 Å². The number of nitrogens with zero attached hydrogens (tertiary/aromatic N) is 1. The summed E-state index contributed by atoms with van der Waals surface area (Å²) in [5, 5.41) is 10.1. The molecule has 4 heteroatoms. The van der Waals surface area contributed by atoms with E-state index in [9.17, 15) is 9.90 Å². The fourth-order valence-corrected chi connectivity index (χ4v) is 2.87. The Morgan fingerprint density at radius 3 is 2.45 bits per heavy atom. The van der Waals surface area contributed by atoms with Gasteiger partial charge in [-0.05, 0) is 23.8 Å². The number of hydrogen-bond donors (Lipinski definition) is 1. The molecule has 0 aliphatic carbocycles. The SMILES string of the molecule is O=C(O)/C(=C/c1nc2ccccc2s1)c1ccccc1. The third-order valence-electron chi connectivity index (χ3n) is 2.89. The van der Waals surface area contributed by atoms with Crippen molar-refractivity contribution >= 4 is 39.2 Å². The summed E-state index contributed by atoms with van der Waals surface area (Å²) in [6.45, 7) is 0. The zero-order valence-corrected chi connectivity index (χ0v) is 11.3. The lowest BCUT2D eigenvalue weighted by atomic mass is 10.1. The predicted molar refractivity (Wildman–Crippen MR) is 81.6 cm³/mol. The molecule has 0 fully saturated rings. The van der Waals surface area contributed by atoms with Crippen LogP contribution in [0, 0.1) is 0 Å². The van der Waals surface area contributed by atoms with E-state index in [4.69, 9.17) is 0 Å². The normalized spacial score (nSPS) is 11.7. The Morgan fingerprint density at radius 2 is 1.75 bits per heavy atom. The van der Waals surface area contributed by atoms with E-state index in [1.54, 1.807) is 18.2 Å². The van der Waals surface area contributed by atoms with Crippen molar-refractivity contribution < 1.29 is 9.90 Å². The van der Waals surface area contributed by atoms with Gasteiger partial charge in [-0.2, -0.15) is 0 Å². The van der Waals surface area contributed by atoms with E-state index in [0.29, 0.717) is 10.6 Å². The zero-order chi connectivity index (χ0) is 13.9. The second kappa shape index (κ2) is 5.27. The minimum absolute atomic E-state index is 0.254. The lowest BCUT2D eigenvalue weighted by molar-refractivity contribution is -0.130. The van der Waals surface area contributed by atoms with Crippen molar-refractivity contribution in [2.75, 3.05) is 0 Å². The Bertz CT molecular complexity index is 757. The highest BCUT2D eigenvalue weighted by Gasteiger charge is 2.11. The highest BCUT2D eigenvalue weighted by atomic mass is 32.1. The molecule has 0 amide bonds. The lowest BCUT2D eigenvalue weighted by Gasteiger charge is -2.00. The highest BCUT2D eigenvalue weighted by molar-refractivity contribution is 7.19. The molecular weight excluding hydrogens is 270 g/mol. The van der Waals surface area contributed by atoms with Crippen molar-refractivity contribution in [3.63, 3.8) is 0 Å². The van der Waals surface area contributed by atoms with Crippen LogP contribution in [0.5, 0.6) is 0 Å². The van der Waals surface area contributed by atoms with E-state index in [1.807, 2.05) is 42.5 Å². The van der Waals surface area contributed by atoms with Crippen LogP contribution in [0.1, 0.15) is 10.6 Å². The summed E-state index contributed by atoms with van der Waals surface area (Å²) in [6, 6.07) is 16.9. The van der Waals surface area contributed by atoms with Gasteiger partial charge in [-0.25, -0.2) is 9.78 Å². The number of carbonyl (C=O) groups is 1. The highest BCUT2D eigenvalue weighted by Crippen LogP contribution is 2.25. The molecule has 3 nitrogen and oxygen atoms in total. The summed E-state index contributed by atoms with van der Waals surface area (Å²) in [7, 11) is 0. The Balaban J connectivity index is 2.09. The first kappa shape index (κ1) is 12.6. The van der Waals surface area contributed by atoms with Crippen LogP contribution in [0.15, 0.2) is 54.6 Å². The number of fused-ring (bicyclic) bond motifs is 1. The van der Waals surface area contributed by atoms with Crippen LogP contribution in [0.4, 0.5) is 0 Å². The molecule has 0 unspecified atom stereocenters. The molecule has 0 spiro atoms. The average molecular weight is 281 g/mol. The number of hydrogen-bond acceptors (Lipinski definition) is 3. The largest absolute Gasteiger partial charge is 0.478 e. The maximum Gasteiger partial charge on any atom is 0.336 e. The molecule has 0 aliphatic rings. The molecule has 0 atom stereocenters. The van der Waals surface area contributed by atoms with Gasteiger partial charge in [0.2, 0.25) is 0 Å². The first-order valence-corrected chi connectivity index (χ1v) is 6.92. The molecule has 1 aromatic heterocycles. The van der Waals surface area contributed by atoms with Crippen LogP contribution in [-0.2, 0) is 4.79 Å². The van der Waals surface area contributed by atoms with E-state index < -0.39 is 5.97 Å². The van der Waals surface area contributed by atoms with Crippen LogP contribution >= 0.6 is 11.3 Å². The lowest BCUT2D eigenvalue weighted by Crippen LogP contribution is -1.99. The minimum atomic E-state index is -0.949. The Morgan fingerprint density at radius 1 is 1.05 bits per heavy atom. The van der Waals surface area contributed by atoms with Gasteiger partial charge in [0.15, 0.2) is 0 Å². The van der Waals surface area contributed by atoms with Gasteiger partial charge in [0.1, 0.15) is 5.01 Å². The van der Waals surface area contributed by atoms with Crippen molar-refractivity contribution in [2.24, 2.45) is 0 Å². The van der Waals surface area contributed by atoms with Gasteiger partial charge in [-0.15, -0.1) is 11.3 Å². The average Bonchev–Trinajstić information content (AvgIpc) is 2.88. The topological polar surface area (TPSA) is 50.2 Å². The number of carboxylic acids is 1. The maximum absolute atomic E-state index is 11.4. The number of thiazole rings is 1. The Hall–Kier alpha value is -2.46. The van der Waals surface area contributed by atoms with Gasteiger partial charge in [-0.3, -0.25) is 0 Å². The molecule has 0 radical (unpaired) electrons. The monoisotopic (exact) mass is 281 g/mol. The minimum Gasteiger partial charge on any atom is -0.478 e. The first-order chi connectivity index (χ1) is 9.74. The van der Waals surface area contributed by atoms with E-state index in [2.05, 4.69) is 4.98 Å². The van der Waals surface area contributed by atoms with Crippen molar-refractivity contribution in [1.29, 1.82) is 0 Å². The molecule has 20 heavy (non-hydrogen) atoms. The molecule has 0 aliphatic heterocycles. The maximum atomic E-state index is 11.4. The third kappa shape index (κ3) is 2.46. The summed E-state index contributed by atoms with van der Waals surface area (Å²) < 4.78 is 1.05. The Labute approximate surface area is 119 Å². The van der Waals surface area contributed by atoms with E-state index in [-0.39, 0.29) is 5.57 Å². The van der Waals surface area contributed by atoms with Crippen LogP contribution in [0.25, 0.3) is 21.9 Å². The number of benzene rings is 2. The third-order valence-corrected chi connectivity index (χ3v) is 3.88. The molecule has 2 aromatic carbocycles. The second-order valence-corrected chi connectivity index (χ2v) is 5.31. The molecule has 0 bridgehead atoms. The second-order valence-electron chi connectivity index (χ2n) is 4.25. The molecule has 1 heterocycles. The smallest absolute Gasteiger partial charge is 0.336 e. The van der Waals surface area contributed by atoms with Crippen molar-refractivity contribution in [1.82, 2.24) is 4.98 Å².